The Balaban J connectivity index is 1.43. The molecule has 3 aromatic rings. The van der Waals surface area contributed by atoms with Crippen LogP contribution < -0.4 is 19.7 Å². The largest absolute Gasteiger partial charge is 0.490 e. The fraction of sp³-hybridized carbons (Fsp3) is 0.370. The van der Waals surface area contributed by atoms with E-state index >= 15 is 0 Å². The molecule has 0 radical (unpaired) electrons. The van der Waals surface area contributed by atoms with Crippen LogP contribution in [0, 0.1) is 0 Å². The van der Waals surface area contributed by atoms with E-state index in [-0.39, 0.29) is 18.0 Å². The van der Waals surface area contributed by atoms with E-state index in [9.17, 15) is 31.1 Å². The van der Waals surface area contributed by atoms with Crippen LogP contribution >= 0.6 is 0 Å². The highest BCUT2D eigenvalue weighted by Gasteiger charge is 2.37. The van der Waals surface area contributed by atoms with Gasteiger partial charge in [0.2, 0.25) is 5.91 Å². The lowest BCUT2D eigenvalue weighted by molar-refractivity contribution is -0.143. The number of anilines is 2. The van der Waals surface area contributed by atoms with Crippen molar-refractivity contribution in [3.8, 4) is 11.5 Å². The molecule has 4 rings (SSSR count). The lowest BCUT2D eigenvalue weighted by Crippen LogP contribution is -2.41. The number of piperidine rings is 1. The van der Waals surface area contributed by atoms with Crippen LogP contribution in [0.1, 0.15) is 36.5 Å². The lowest BCUT2D eigenvalue weighted by atomic mass is 10.0. The molecule has 0 saturated carbocycles. The molecule has 1 aliphatic heterocycles. The molecular formula is C27H26F6N4O3. The summed E-state index contributed by atoms with van der Waals surface area (Å²) in [5.41, 5.74) is -3.41. The number of ether oxygens (including phenoxy) is 2. The van der Waals surface area contributed by atoms with Gasteiger partial charge in [-0.15, -0.1) is 0 Å². The number of amides is 1. The minimum Gasteiger partial charge on any atom is -0.490 e. The average molecular weight is 569 g/mol. The maximum absolute atomic E-state index is 13.1. The first-order valence-corrected chi connectivity index (χ1v) is 12.5. The number of carbonyl (C=O) groups excluding carboxylic acids is 1. The number of para-hydroxylation sites is 2. The predicted molar refractivity (Wildman–Crippen MR) is 134 cm³/mol. The molecule has 1 aromatic heterocycles. The summed E-state index contributed by atoms with van der Waals surface area (Å²) in [6.45, 7) is 3.48. The SMILES string of the molecule is CCOc1ccccc1O[C@@H]1CCCN(c2cncc(NC(=O)Cc3cc(C(F)(F)F)cc(C(F)(F)F)c3)n2)C1. The zero-order valence-electron chi connectivity index (χ0n) is 21.4. The zero-order valence-corrected chi connectivity index (χ0v) is 21.4. The minimum atomic E-state index is -5.01. The van der Waals surface area contributed by atoms with Gasteiger partial charge in [-0.3, -0.25) is 9.78 Å². The summed E-state index contributed by atoms with van der Waals surface area (Å²) >= 11 is 0. The quantitative estimate of drug-likeness (QED) is 0.329. The van der Waals surface area contributed by atoms with Crippen LogP contribution in [0.4, 0.5) is 38.0 Å². The molecule has 2 heterocycles. The van der Waals surface area contributed by atoms with Crippen molar-refractivity contribution in [2.75, 3.05) is 29.9 Å². The van der Waals surface area contributed by atoms with Crippen molar-refractivity contribution >= 4 is 17.5 Å². The second-order valence-electron chi connectivity index (χ2n) is 9.11. The molecule has 0 bridgehead atoms. The molecule has 40 heavy (non-hydrogen) atoms. The van der Waals surface area contributed by atoms with Crippen molar-refractivity contribution in [3.05, 3.63) is 71.5 Å². The first-order chi connectivity index (χ1) is 18.9. The summed E-state index contributed by atoms with van der Waals surface area (Å²) in [6.07, 6.45) is -6.61. The Morgan fingerprint density at radius 2 is 1.70 bits per heavy atom. The summed E-state index contributed by atoms with van der Waals surface area (Å²) in [5, 5.41) is 2.41. The van der Waals surface area contributed by atoms with E-state index in [1.807, 2.05) is 36.1 Å². The third-order valence-electron chi connectivity index (χ3n) is 6.05. The number of hydrogen-bond acceptors (Lipinski definition) is 6. The number of benzene rings is 2. The number of halogens is 6. The Bertz CT molecular complexity index is 1300. The number of alkyl halides is 6. The molecule has 0 aliphatic carbocycles. The van der Waals surface area contributed by atoms with Crippen LogP contribution in [0.25, 0.3) is 0 Å². The molecule has 1 N–H and O–H groups in total. The number of hydrogen-bond donors (Lipinski definition) is 1. The third-order valence-corrected chi connectivity index (χ3v) is 6.05. The van der Waals surface area contributed by atoms with Crippen LogP contribution in [-0.2, 0) is 23.6 Å². The van der Waals surface area contributed by atoms with E-state index in [1.54, 1.807) is 0 Å². The van der Waals surface area contributed by atoms with Crippen molar-refractivity contribution < 1.29 is 40.6 Å². The molecule has 7 nitrogen and oxygen atoms in total. The zero-order chi connectivity index (χ0) is 28.9. The highest BCUT2D eigenvalue weighted by atomic mass is 19.4. The minimum absolute atomic E-state index is 0.00949. The van der Waals surface area contributed by atoms with E-state index in [0.29, 0.717) is 49.1 Å². The van der Waals surface area contributed by atoms with Crippen molar-refractivity contribution in [2.24, 2.45) is 0 Å². The standard InChI is InChI=1S/C27H26F6N4O3/c1-2-39-21-7-3-4-8-22(21)40-20-6-5-9-37(16-20)24-15-34-14-23(35-24)36-25(38)12-17-10-18(26(28,29)30)13-19(11-17)27(31,32)33/h3-4,7-8,10-11,13-15,20H,2,5-6,9,12,16H2,1H3,(H,35,36,38)/t20-/m1/s1. The van der Waals surface area contributed by atoms with E-state index in [2.05, 4.69) is 15.3 Å². The molecule has 2 aromatic carbocycles. The monoisotopic (exact) mass is 568 g/mol. The van der Waals surface area contributed by atoms with Gasteiger partial charge in [0.25, 0.3) is 0 Å². The van der Waals surface area contributed by atoms with Gasteiger partial charge in [0.1, 0.15) is 11.9 Å². The van der Waals surface area contributed by atoms with E-state index in [1.165, 1.54) is 12.4 Å². The summed E-state index contributed by atoms with van der Waals surface area (Å²) in [7, 11) is 0. The molecule has 13 heteroatoms. The molecule has 1 amide bonds. The normalized spacial score (nSPS) is 16.0. The number of carbonyl (C=O) groups is 1. The molecule has 1 atom stereocenters. The first kappa shape index (κ1) is 29.0. The van der Waals surface area contributed by atoms with Gasteiger partial charge in [-0.2, -0.15) is 26.3 Å². The van der Waals surface area contributed by atoms with E-state index in [0.717, 1.165) is 12.8 Å². The van der Waals surface area contributed by atoms with Crippen LogP contribution in [0.5, 0.6) is 11.5 Å². The fourth-order valence-corrected chi connectivity index (χ4v) is 4.31. The highest BCUT2D eigenvalue weighted by Crippen LogP contribution is 2.36. The average Bonchev–Trinajstić information content (AvgIpc) is 2.89. The Labute approximate surface area is 226 Å². The Kier molecular flexibility index (Phi) is 8.70. The predicted octanol–water partition coefficient (Wildman–Crippen LogP) is 6.14. The van der Waals surface area contributed by atoms with Gasteiger partial charge in [0.05, 0.1) is 43.1 Å². The summed E-state index contributed by atoms with van der Waals surface area (Å²) in [4.78, 5) is 22.9. The molecule has 1 aliphatic rings. The molecule has 214 valence electrons. The van der Waals surface area contributed by atoms with Crippen molar-refractivity contribution in [2.45, 2.75) is 44.6 Å². The van der Waals surface area contributed by atoms with Crippen molar-refractivity contribution in [1.82, 2.24) is 9.97 Å². The number of nitrogens with zero attached hydrogens (tertiary/aromatic N) is 3. The summed E-state index contributed by atoms with van der Waals surface area (Å²) < 4.78 is 90.6. The van der Waals surface area contributed by atoms with Crippen molar-refractivity contribution in [1.29, 1.82) is 0 Å². The number of rotatable bonds is 8. The second kappa shape index (κ2) is 12.0. The van der Waals surface area contributed by atoms with Crippen LogP contribution in [-0.4, -0.2) is 41.7 Å². The van der Waals surface area contributed by atoms with Gasteiger partial charge in [-0.1, -0.05) is 12.1 Å². The molecule has 0 unspecified atom stereocenters. The van der Waals surface area contributed by atoms with E-state index in [4.69, 9.17) is 9.47 Å². The highest BCUT2D eigenvalue weighted by molar-refractivity contribution is 5.91. The Hall–Kier alpha value is -4.03. The Morgan fingerprint density at radius 3 is 2.35 bits per heavy atom. The van der Waals surface area contributed by atoms with Crippen LogP contribution in [0.2, 0.25) is 0 Å². The maximum Gasteiger partial charge on any atom is 0.416 e. The smallest absolute Gasteiger partial charge is 0.416 e. The number of nitrogens with one attached hydrogen (secondary N) is 1. The van der Waals surface area contributed by atoms with Crippen LogP contribution in [0.3, 0.4) is 0 Å². The summed E-state index contributed by atoms with van der Waals surface area (Å²) in [6, 6.07) is 8.40. The summed E-state index contributed by atoms with van der Waals surface area (Å²) in [5.74, 6) is 0.852. The van der Waals surface area contributed by atoms with Gasteiger partial charge in [0, 0.05) is 6.54 Å². The van der Waals surface area contributed by atoms with Crippen molar-refractivity contribution in [3.63, 3.8) is 0 Å². The van der Waals surface area contributed by atoms with E-state index < -0.39 is 41.4 Å². The third kappa shape index (κ3) is 7.54. The molecular weight excluding hydrogens is 542 g/mol. The van der Waals surface area contributed by atoms with Gasteiger partial charge >= 0.3 is 12.4 Å². The fourth-order valence-electron chi connectivity index (χ4n) is 4.31. The second-order valence-corrected chi connectivity index (χ2v) is 9.11. The number of aromatic nitrogens is 2. The van der Waals surface area contributed by atoms with Gasteiger partial charge in [-0.25, -0.2) is 4.98 Å². The maximum atomic E-state index is 13.1. The Morgan fingerprint density at radius 1 is 1.02 bits per heavy atom. The lowest BCUT2D eigenvalue weighted by Gasteiger charge is -2.33. The van der Waals surface area contributed by atoms with Crippen LogP contribution in [0.15, 0.2) is 54.9 Å². The van der Waals surface area contributed by atoms with Gasteiger partial charge in [0.15, 0.2) is 17.3 Å². The first-order valence-electron chi connectivity index (χ1n) is 12.5. The molecule has 1 fully saturated rings. The van der Waals surface area contributed by atoms with Gasteiger partial charge in [-0.05, 0) is 55.7 Å². The van der Waals surface area contributed by atoms with Gasteiger partial charge < -0.3 is 19.7 Å². The molecule has 0 spiro atoms. The molecule has 1 saturated heterocycles. The topological polar surface area (TPSA) is 76.6 Å².